The lowest BCUT2D eigenvalue weighted by molar-refractivity contribution is 0.194. The van der Waals surface area contributed by atoms with Gasteiger partial charge in [0.1, 0.15) is 12.4 Å². The first kappa shape index (κ1) is 15.7. The molecule has 132 valence electrons. The fraction of sp³-hybridized carbons (Fsp3) is 0.471. The van der Waals surface area contributed by atoms with Crippen LogP contribution in [-0.4, -0.2) is 53.4 Å². The van der Waals surface area contributed by atoms with Crippen LogP contribution in [0.15, 0.2) is 35.2 Å². The molecule has 2 saturated heterocycles. The predicted molar refractivity (Wildman–Crippen MR) is 91.8 cm³/mol. The van der Waals surface area contributed by atoms with Gasteiger partial charge in [-0.25, -0.2) is 9.78 Å². The van der Waals surface area contributed by atoms with E-state index in [0.717, 1.165) is 31.1 Å². The van der Waals surface area contributed by atoms with Crippen molar-refractivity contribution in [2.24, 2.45) is 0 Å². The zero-order valence-corrected chi connectivity index (χ0v) is 13.9. The Balaban J connectivity index is 1.37. The minimum Gasteiger partial charge on any atom is -0.485 e. The Morgan fingerprint density at radius 1 is 1.28 bits per heavy atom. The van der Waals surface area contributed by atoms with Crippen LogP contribution >= 0.6 is 0 Å². The summed E-state index contributed by atoms with van der Waals surface area (Å²) >= 11 is 0. The number of amides is 2. The third kappa shape index (κ3) is 3.52. The molecule has 0 saturated carbocycles. The number of hydrogen-bond acceptors (Lipinski definition) is 6. The van der Waals surface area contributed by atoms with Crippen molar-refractivity contribution in [2.75, 3.05) is 36.4 Å². The van der Waals surface area contributed by atoms with Crippen LogP contribution in [0.1, 0.15) is 19.3 Å². The number of carbonyl (C=O) groups excluding carboxylic acids is 1. The van der Waals surface area contributed by atoms with Crippen molar-refractivity contribution in [1.29, 1.82) is 0 Å². The van der Waals surface area contributed by atoms with E-state index in [2.05, 4.69) is 20.4 Å². The van der Waals surface area contributed by atoms with Crippen LogP contribution in [0.2, 0.25) is 0 Å². The fourth-order valence-electron chi connectivity index (χ4n) is 3.29. The summed E-state index contributed by atoms with van der Waals surface area (Å²) in [7, 11) is 0. The summed E-state index contributed by atoms with van der Waals surface area (Å²) in [6.07, 6.45) is 6.36. The van der Waals surface area contributed by atoms with E-state index >= 15 is 0 Å². The van der Waals surface area contributed by atoms with Crippen molar-refractivity contribution < 1.29 is 14.1 Å². The number of urea groups is 1. The molecule has 2 aromatic heterocycles. The third-order valence-electron chi connectivity index (χ3n) is 4.56. The number of carbonyl (C=O) groups is 1. The van der Waals surface area contributed by atoms with Gasteiger partial charge in [-0.2, -0.15) is 0 Å². The largest absolute Gasteiger partial charge is 0.485 e. The van der Waals surface area contributed by atoms with Gasteiger partial charge in [0.15, 0.2) is 17.4 Å². The van der Waals surface area contributed by atoms with E-state index in [4.69, 9.17) is 9.26 Å². The second-order valence-corrected chi connectivity index (χ2v) is 6.31. The van der Waals surface area contributed by atoms with Gasteiger partial charge in [-0.3, -0.25) is 5.32 Å². The molecule has 2 aliphatic rings. The first-order chi connectivity index (χ1) is 12.3. The maximum absolute atomic E-state index is 12.2. The monoisotopic (exact) mass is 343 g/mol. The standard InChI is InChI=1S/C17H21N5O3/c23-17(19-15-6-11-24-20-15)22-10-5-13(12-22)25-14-4-3-7-18-16(14)21-8-1-2-9-21/h3-4,6-7,11,13H,1-2,5,8-10,12H2,(H,19,20,23). The number of nitrogens with one attached hydrogen (secondary N) is 1. The molecule has 1 unspecified atom stereocenters. The number of anilines is 2. The summed E-state index contributed by atoms with van der Waals surface area (Å²) < 4.78 is 10.9. The van der Waals surface area contributed by atoms with Gasteiger partial charge < -0.3 is 19.1 Å². The van der Waals surface area contributed by atoms with E-state index in [1.54, 1.807) is 17.2 Å². The van der Waals surface area contributed by atoms with Crippen molar-refractivity contribution in [3.05, 3.63) is 30.7 Å². The van der Waals surface area contributed by atoms with Crippen molar-refractivity contribution in [3.63, 3.8) is 0 Å². The molecule has 0 radical (unpaired) electrons. The van der Waals surface area contributed by atoms with E-state index in [1.807, 2.05) is 12.1 Å². The van der Waals surface area contributed by atoms with Crippen molar-refractivity contribution in [3.8, 4) is 5.75 Å². The highest BCUT2D eigenvalue weighted by atomic mass is 16.5. The normalized spacial score (nSPS) is 20.1. The molecule has 1 N–H and O–H groups in total. The molecule has 4 heterocycles. The number of hydrogen-bond donors (Lipinski definition) is 1. The number of rotatable bonds is 4. The summed E-state index contributed by atoms with van der Waals surface area (Å²) in [4.78, 5) is 20.7. The lowest BCUT2D eigenvalue weighted by atomic mass is 10.3. The van der Waals surface area contributed by atoms with Gasteiger partial charge in [0.25, 0.3) is 0 Å². The van der Waals surface area contributed by atoms with Crippen LogP contribution in [-0.2, 0) is 0 Å². The maximum atomic E-state index is 12.2. The molecule has 8 heteroatoms. The molecule has 2 fully saturated rings. The van der Waals surface area contributed by atoms with Crippen molar-refractivity contribution in [1.82, 2.24) is 15.0 Å². The summed E-state index contributed by atoms with van der Waals surface area (Å²) in [5, 5.41) is 6.40. The molecule has 1 atom stereocenters. The maximum Gasteiger partial charge on any atom is 0.323 e. The molecule has 0 aliphatic carbocycles. The number of nitrogens with zero attached hydrogens (tertiary/aromatic N) is 4. The molecule has 2 amide bonds. The van der Waals surface area contributed by atoms with Crippen molar-refractivity contribution >= 4 is 17.7 Å². The average Bonchev–Trinajstić information content (AvgIpc) is 3.38. The van der Waals surface area contributed by atoms with Crippen LogP contribution in [0.4, 0.5) is 16.4 Å². The summed E-state index contributed by atoms with van der Waals surface area (Å²) in [5.41, 5.74) is 0. The smallest absolute Gasteiger partial charge is 0.323 e. The number of likely N-dealkylation sites (tertiary alicyclic amines) is 1. The van der Waals surface area contributed by atoms with E-state index in [-0.39, 0.29) is 12.1 Å². The van der Waals surface area contributed by atoms with Crippen LogP contribution in [0, 0.1) is 0 Å². The van der Waals surface area contributed by atoms with E-state index in [1.165, 1.54) is 19.1 Å². The molecule has 25 heavy (non-hydrogen) atoms. The molecule has 8 nitrogen and oxygen atoms in total. The molecule has 2 aliphatic heterocycles. The highest BCUT2D eigenvalue weighted by molar-refractivity contribution is 5.88. The number of pyridine rings is 1. The summed E-state index contributed by atoms with van der Waals surface area (Å²) in [6.45, 7) is 3.22. The molecule has 2 aromatic rings. The Labute approximate surface area is 145 Å². The van der Waals surface area contributed by atoms with Crippen molar-refractivity contribution in [2.45, 2.75) is 25.4 Å². The number of ether oxygens (including phenoxy) is 1. The Morgan fingerprint density at radius 3 is 2.96 bits per heavy atom. The first-order valence-corrected chi connectivity index (χ1v) is 8.62. The lowest BCUT2D eigenvalue weighted by Gasteiger charge is -2.22. The van der Waals surface area contributed by atoms with Crippen LogP contribution in [0.3, 0.4) is 0 Å². The highest BCUT2D eigenvalue weighted by Crippen LogP contribution is 2.30. The summed E-state index contributed by atoms with van der Waals surface area (Å²) in [5.74, 6) is 2.12. The zero-order valence-electron chi connectivity index (χ0n) is 13.9. The third-order valence-corrected chi connectivity index (χ3v) is 4.56. The van der Waals surface area contributed by atoms with Gasteiger partial charge in [0.05, 0.1) is 6.54 Å². The number of aromatic nitrogens is 2. The van der Waals surface area contributed by atoms with Gasteiger partial charge in [-0.15, -0.1) is 0 Å². The topological polar surface area (TPSA) is 83.7 Å². The van der Waals surface area contributed by atoms with Gasteiger partial charge in [0.2, 0.25) is 0 Å². The van der Waals surface area contributed by atoms with E-state index in [0.29, 0.717) is 18.9 Å². The lowest BCUT2D eigenvalue weighted by Crippen LogP contribution is -2.34. The quantitative estimate of drug-likeness (QED) is 0.917. The van der Waals surface area contributed by atoms with E-state index < -0.39 is 0 Å². The SMILES string of the molecule is O=C(Nc1ccon1)N1CCC(Oc2cccnc2N2CCCC2)C1. The van der Waals surface area contributed by atoms with Gasteiger partial charge in [-0.05, 0) is 25.0 Å². The molecular formula is C17H21N5O3. The molecular weight excluding hydrogens is 322 g/mol. The van der Waals surface area contributed by atoms with Gasteiger partial charge >= 0.3 is 6.03 Å². The predicted octanol–water partition coefficient (Wildman–Crippen LogP) is 2.36. The fourth-order valence-corrected chi connectivity index (χ4v) is 3.29. The summed E-state index contributed by atoms with van der Waals surface area (Å²) in [6, 6.07) is 5.27. The van der Waals surface area contributed by atoms with Gasteiger partial charge in [0, 0.05) is 38.3 Å². The first-order valence-electron chi connectivity index (χ1n) is 8.62. The van der Waals surface area contributed by atoms with Crippen LogP contribution in [0.25, 0.3) is 0 Å². The highest BCUT2D eigenvalue weighted by Gasteiger charge is 2.29. The second kappa shape index (κ2) is 7.00. The average molecular weight is 343 g/mol. The Kier molecular flexibility index (Phi) is 4.41. The molecule has 0 aromatic carbocycles. The molecule has 0 spiro atoms. The molecule has 0 bridgehead atoms. The van der Waals surface area contributed by atoms with Crippen LogP contribution in [0.5, 0.6) is 5.75 Å². The zero-order chi connectivity index (χ0) is 17.1. The Hall–Kier alpha value is -2.77. The minimum absolute atomic E-state index is 0.0337. The Morgan fingerprint density at radius 2 is 2.16 bits per heavy atom. The molecule has 4 rings (SSSR count). The van der Waals surface area contributed by atoms with E-state index in [9.17, 15) is 4.79 Å². The Bertz CT molecular complexity index is 715. The second-order valence-electron chi connectivity index (χ2n) is 6.31. The minimum atomic E-state index is -0.189. The van der Waals surface area contributed by atoms with Gasteiger partial charge in [-0.1, -0.05) is 5.16 Å². The van der Waals surface area contributed by atoms with Crippen LogP contribution < -0.4 is 15.0 Å².